The van der Waals surface area contributed by atoms with Crippen molar-refractivity contribution in [1.29, 1.82) is 0 Å². The third-order valence-electron chi connectivity index (χ3n) is 2.67. The van der Waals surface area contributed by atoms with Crippen LogP contribution in [0.3, 0.4) is 0 Å². The fraction of sp³-hybridized carbons (Fsp3) is 0.417. The summed E-state index contributed by atoms with van der Waals surface area (Å²) < 4.78 is 5.84. The second-order valence-corrected chi connectivity index (χ2v) is 4.05. The van der Waals surface area contributed by atoms with Crippen LogP contribution in [-0.2, 0) is 0 Å². The van der Waals surface area contributed by atoms with Gasteiger partial charge in [0.2, 0.25) is 0 Å². The molecule has 1 aliphatic rings. The Labute approximate surface area is 89.4 Å². The van der Waals surface area contributed by atoms with Gasteiger partial charge in [0.25, 0.3) is 0 Å². The predicted octanol–water partition coefficient (Wildman–Crippen LogP) is 1.98. The molecule has 3 heteroatoms. The van der Waals surface area contributed by atoms with E-state index in [1.165, 1.54) is 0 Å². The summed E-state index contributed by atoms with van der Waals surface area (Å²) in [6, 6.07) is 7.23. The van der Waals surface area contributed by atoms with Crippen LogP contribution in [0.15, 0.2) is 24.3 Å². The molecule has 1 aliphatic heterocycles. The lowest BCUT2D eigenvalue weighted by Crippen LogP contribution is -2.42. The average molecular weight is 205 g/mol. The van der Waals surface area contributed by atoms with Crippen molar-refractivity contribution >= 4 is 6.29 Å². The minimum absolute atomic E-state index is 0.276. The molecule has 0 spiro atoms. The third-order valence-corrected chi connectivity index (χ3v) is 2.67. The first kappa shape index (κ1) is 10.2. The van der Waals surface area contributed by atoms with E-state index in [2.05, 4.69) is 5.32 Å². The first-order valence-electron chi connectivity index (χ1n) is 5.21. The molecule has 1 heterocycles. The molecule has 0 unspecified atom stereocenters. The number of benzene rings is 1. The Morgan fingerprint density at radius 2 is 2.40 bits per heavy atom. The maximum absolute atomic E-state index is 10.6. The highest BCUT2D eigenvalue weighted by molar-refractivity contribution is 5.75. The monoisotopic (exact) mass is 205 g/mol. The summed E-state index contributed by atoms with van der Waals surface area (Å²) in [5.41, 5.74) is 0.371. The number of hydrogen-bond acceptors (Lipinski definition) is 3. The minimum atomic E-state index is -0.276. The summed E-state index contributed by atoms with van der Waals surface area (Å²) in [6.45, 7) is 3.03. The van der Waals surface area contributed by atoms with Crippen LogP contribution in [0, 0.1) is 0 Å². The smallest absolute Gasteiger partial charge is 0.158 e. The molecule has 2 rings (SSSR count). The highest BCUT2D eigenvalue weighted by Crippen LogP contribution is 2.24. The maximum Gasteiger partial charge on any atom is 0.158 e. The first-order chi connectivity index (χ1) is 7.22. The Kier molecular flexibility index (Phi) is 2.73. The van der Waals surface area contributed by atoms with Crippen LogP contribution in [0.2, 0.25) is 0 Å². The van der Waals surface area contributed by atoms with Gasteiger partial charge in [-0.1, -0.05) is 12.1 Å². The standard InChI is InChI=1S/C12H15NO2/c1-12(6-3-7-13-12)15-11-5-2-4-10(8-11)9-14/h2,4-5,8-9,13H,3,6-7H2,1H3/t12-/m0/s1. The van der Waals surface area contributed by atoms with Crippen molar-refractivity contribution in [2.75, 3.05) is 6.54 Å². The van der Waals surface area contributed by atoms with Gasteiger partial charge in [-0.25, -0.2) is 0 Å². The molecule has 0 saturated carbocycles. The van der Waals surface area contributed by atoms with E-state index >= 15 is 0 Å². The Morgan fingerprint density at radius 1 is 1.53 bits per heavy atom. The van der Waals surface area contributed by atoms with E-state index in [-0.39, 0.29) is 5.72 Å². The Hall–Kier alpha value is -1.35. The number of hydrogen-bond donors (Lipinski definition) is 1. The van der Waals surface area contributed by atoms with Crippen molar-refractivity contribution in [3.05, 3.63) is 29.8 Å². The molecule has 1 atom stereocenters. The molecule has 0 amide bonds. The minimum Gasteiger partial charge on any atom is -0.473 e. The van der Waals surface area contributed by atoms with Crippen LogP contribution in [0.25, 0.3) is 0 Å². The number of carbonyl (C=O) groups is 1. The fourth-order valence-corrected chi connectivity index (χ4v) is 1.87. The number of carbonyl (C=O) groups excluding carboxylic acids is 1. The lowest BCUT2D eigenvalue weighted by atomic mass is 10.2. The van der Waals surface area contributed by atoms with Gasteiger partial charge in [0.15, 0.2) is 5.72 Å². The Bertz CT molecular complexity index is 356. The molecule has 0 bridgehead atoms. The van der Waals surface area contributed by atoms with Crippen LogP contribution >= 0.6 is 0 Å². The van der Waals surface area contributed by atoms with E-state index in [9.17, 15) is 4.79 Å². The maximum atomic E-state index is 10.6. The van der Waals surface area contributed by atoms with Gasteiger partial charge in [0.1, 0.15) is 12.0 Å². The normalized spacial score (nSPS) is 25.1. The summed E-state index contributed by atoms with van der Waals surface area (Å²) in [7, 11) is 0. The second-order valence-electron chi connectivity index (χ2n) is 4.05. The van der Waals surface area contributed by atoms with Crippen molar-refractivity contribution in [1.82, 2.24) is 5.32 Å². The molecule has 0 aromatic heterocycles. The van der Waals surface area contributed by atoms with Gasteiger partial charge < -0.3 is 4.74 Å². The van der Waals surface area contributed by atoms with Gasteiger partial charge in [0, 0.05) is 12.0 Å². The molecule has 1 fully saturated rings. The topological polar surface area (TPSA) is 38.3 Å². The zero-order chi connectivity index (χ0) is 10.7. The van der Waals surface area contributed by atoms with Crippen LogP contribution in [0.5, 0.6) is 5.75 Å². The molecule has 0 aliphatic carbocycles. The van der Waals surface area contributed by atoms with Gasteiger partial charge in [-0.15, -0.1) is 0 Å². The van der Waals surface area contributed by atoms with E-state index in [0.29, 0.717) is 5.56 Å². The summed E-state index contributed by atoms with van der Waals surface area (Å²) in [6.07, 6.45) is 2.96. The van der Waals surface area contributed by atoms with Crippen molar-refractivity contribution in [2.24, 2.45) is 0 Å². The molecule has 1 N–H and O–H groups in total. The Balaban J connectivity index is 2.12. The van der Waals surface area contributed by atoms with Crippen molar-refractivity contribution in [3.63, 3.8) is 0 Å². The second kappa shape index (κ2) is 4.03. The van der Waals surface area contributed by atoms with Gasteiger partial charge >= 0.3 is 0 Å². The van der Waals surface area contributed by atoms with Crippen molar-refractivity contribution in [3.8, 4) is 5.75 Å². The van der Waals surface area contributed by atoms with E-state index in [1.807, 2.05) is 19.1 Å². The molecule has 1 aromatic rings. The van der Waals surface area contributed by atoms with Crippen LogP contribution in [0.4, 0.5) is 0 Å². The van der Waals surface area contributed by atoms with Gasteiger partial charge in [-0.3, -0.25) is 10.1 Å². The average Bonchev–Trinajstić information content (AvgIpc) is 2.65. The molecule has 0 radical (unpaired) electrons. The van der Waals surface area contributed by atoms with Crippen LogP contribution in [0.1, 0.15) is 30.1 Å². The highest BCUT2D eigenvalue weighted by Gasteiger charge is 2.29. The van der Waals surface area contributed by atoms with Gasteiger partial charge in [-0.05, 0) is 32.0 Å². The number of rotatable bonds is 3. The summed E-state index contributed by atoms with van der Waals surface area (Å²) in [5, 5.41) is 3.31. The summed E-state index contributed by atoms with van der Waals surface area (Å²) in [4.78, 5) is 10.6. The summed E-state index contributed by atoms with van der Waals surface area (Å²) >= 11 is 0. The summed E-state index contributed by atoms with van der Waals surface area (Å²) in [5.74, 6) is 0.747. The first-order valence-corrected chi connectivity index (χ1v) is 5.21. The lowest BCUT2D eigenvalue weighted by Gasteiger charge is -2.26. The Morgan fingerprint density at radius 3 is 3.07 bits per heavy atom. The molecule has 15 heavy (non-hydrogen) atoms. The molecule has 80 valence electrons. The third kappa shape index (κ3) is 2.36. The fourth-order valence-electron chi connectivity index (χ4n) is 1.87. The van der Waals surface area contributed by atoms with Crippen LogP contribution in [-0.4, -0.2) is 18.6 Å². The number of ether oxygens (including phenoxy) is 1. The number of aldehydes is 1. The molecule has 1 saturated heterocycles. The van der Waals surface area contributed by atoms with Gasteiger partial charge in [-0.2, -0.15) is 0 Å². The van der Waals surface area contributed by atoms with Crippen molar-refractivity contribution < 1.29 is 9.53 Å². The zero-order valence-corrected chi connectivity index (χ0v) is 8.82. The van der Waals surface area contributed by atoms with E-state index in [4.69, 9.17) is 4.74 Å². The van der Waals surface area contributed by atoms with Crippen molar-refractivity contribution in [2.45, 2.75) is 25.5 Å². The number of nitrogens with one attached hydrogen (secondary N) is 1. The highest BCUT2D eigenvalue weighted by atomic mass is 16.5. The molecule has 1 aromatic carbocycles. The van der Waals surface area contributed by atoms with E-state index in [1.54, 1.807) is 12.1 Å². The lowest BCUT2D eigenvalue weighted by molar-refractivity contribution is 0.0731. The van der Waals surface area contributed by atoms with E-state index < -0.39 is 0 Å². The van der Waals surface area contributed by atoms with Crippen LogP contribution < -0.4 is 10.1 Å². The van der Waals surface area contributed by atoms with Gasteiger partial charge in [0.05, 0.1) is 0 Å². The largest absolute Gasteiger partial charge is 0.473 e. The zero-order valence-electron chi connectivity index (χ0n) is 8.82. The van der Waals surface area contributed by atoms with E-state index in [0.717, 1.165) is 31.4 Å². The predicted molar refractivity (Wildman–Crippen MR) is 58.1 cm³/mol. The molecular formula is C12H15NO2. The quantitative estimate of drug-likeness (QED) is 0.767. The SMILES string of the molecule is C[C@]1(Oc2cccc(C=O)c2)CCCN1. The molecular weight excluding hydrogens is 190 g/mol. The molecule has 3 nitrogen and oxygen atoms in total.